The Hall–Kier alpha value is -1.45. The van der Waals surface area contributed by atoms with Gasteiger partial charge in [0, 0.05) is 35.5 Å². The lowest BCUT2D eigenvalue weighted by Crippen LogP contribution is -2.30. The number of halogens is 1. The molecule has 146 valence electrons. The number of imidazole rings is 1. The minimum Gasteiger partial charge on any atom is -0.456 e. The molecule has 7 heteroatoms. The first kappa shape index (κ1) is 20.3. The Morgan fingerprint density at radius 1 is 1.37 bits per heavy atom. The third-order valence-corrected chi connectivity index (χ3v) is 5.29. The second kappa shape index (κ2) is 10.2. The molecule has 2 atom stereocenters. The first-order chi connectivity index (χ1) is 13.1. The van der Waals surface area contributed by atoms with E-state index in [1.54, 1.807) is 18.3 Å². The average molecular weight is 484 g/mol. The standard InChI is InChI=1S/C20H25IN2O4/c1-15-22-10-12-23(15)11-9-18(14-26-19-4-2-3-13-25-19)27-20(24)16-5-7-17(21)8-6-16/h5-8,10,12,18-19H,2-4,9,11,13-14H2,1H3. The van der Waals surface area contributed by atoms with E-state index in [1.807, 2.05) is 29.8 Å². The number of rotatable bonds is 8. The maximum absolute atomic E-state index is 12.5. The van der Waals surface area contributed by atoms with Crippen LogP contribution in [0.3, 0.4) is 0 Å². The van der Waals surface area contributed by atoms with Gasteiger partial charge < -0.3 is 18.8 Å². The number of carbonyl (C=O) groups excluding carboxylic acids is 1. The third kappa shape index (κ3) is 6.29. The van der Waals surface area contributed by atoms with E-state index < -0.39 is 0 Å². The number of aromatic nitrogens is 2. The van der Waals surface area contributed by atoms with Crippen LogP contribution in [0.25, 0.3) is 0 Å². The Morgan fingerprint density at radius 2 is 2.19 bits per heavy atom. The normalized spacial score (nSPS) is 18.2. The summed E-state index contributed by atoms with van der Waals surface area (Å²) >= 11 is 2.21. The molecule has 1 aliphatic rings. The predicted molar refractivity (Wildman–Crippen MR) is 109 cm³/mol. The van der Waals surface area contributed by atoms with E-state index in [1.165, 1.54) is 0 Å². The molecule has 1 saturated heterocycles. The molecule has 6 nitrogen and oxygen atoms in total. The molecule has 0 aliphatic carbocycles. The van der Waals surface area contributed by atoms with Crippen LogP contribution < -0.4 is 0 Å². The Labute approximate surface area is 173 Å². The van der Waals surface area contributed by atoms with Gasteiger partial charge in [0.2, 0.25) is 0 Å². The molecule has 1 fully saturated rings. The predicted octanol–water partition coefficient (Wildman–Crippen LogP) is 3.96. The van der Waals surface area contributed by atoms with Crippen molar-refractivity contribution in [2.75, 3.05) is 13.2 Å². The van der Waals surface area contributed by atoms with Gasteiger partial charge in [-0.15, -0.1) is 0 Å². The summed E-state index contributed by atoms with van der Waals surface area (Å²) < 4.78 is 20.4. The highest BCUT2D eigenvalue weighted by atomic mass is 127. The maximum atomic E-state index is 12.5. The fraction of sp³-hybridized carbons (Fsp3) is 0.500. The average Bonchev–Trinajstić information content (AvgIpc) is 3.10. The molecule has 2 heterocycles. The van der Waals surface area contributed by atoms with Crippen LogP contribution in [-0.4, -0.2) is 41.1 Å². The van der Waals surface area contributed by atoms with Gasteiger partial charge in [0.25, 0.3) is 0 Å². The number of nitrogens with zero attached hydrogens (tertiary/aromatic N) is 2. The molecular formula is C20H25IN2O4. The highest BCUT2D eigenvalue weighted by molar-refractivity contribution is 14.1. The Bertz CT molecular complexity index is 726. The molecule has 0 N–H and O–H groups in total. The van der Waals surface area contributed by atoms with E-state index in [9.17, 15) is 4.79 Å². The third-order valence-electron chi connectivity index (χ3n) is 4.58. The number of ether oxygens (including phenoxy) is 3. The van der Waals surface area contributed by atoms with Crippen molar-refractivity contribution < 1.29 is 19.0 Å². The highest BCUT2D eigenvalue weighted by Gasteiger charge is 2.21. The zero-order chi connectivity index (χ0) is 19.1. The van der Waals surface area contributed by atoms with Crippen LogP contribution in [0.1, 0.15) is 41.9 Å². The lowest BCUT2D eigenvalue weighted by Gasteiger charge is -2.25. The molecule has 1 aliphatic heterocycles. The minimum atomic E-state index is -0.343. The number of esters is 1. The molecule has 27 heavy (non-hydrogen) atoms. The molecule has 0 saturated carbocycles. The molecule has 2 unspecified atom stereocenters. The van der Waals surface area contributed by atoms with Crippen molar-refractivity contribution in [2.24, 2.45) is 0 Å². The largest absolute Gasteiger partial charge is 0.456 e. The van der Waals surface area contributed by atoms with Crippen LogP contribution in [0.4, 0.5) is 0 Å². The van der Waals surface area contributed by atoms with Crippen molar-refractivity contribution >= 4 is 28.6 Å². The summed E-state index contributed by atoms with van der Waals surface area (Å²) in [4.78, 5) is 16.7. The number of hydrogen-bond donors (Lipinski definition) is 0. The summed E-state index contributed by atoms with van der Waals surface area (Å²) in [5.41, 5.74) is 0.549. The van der Waals surface area contributed by atoms with Crippen LogP contribution in [0, 0.1) is 10.5 Å². The zero-order valence-corrected chi connectivity index (χ0v) is 17.6. The van der Waals surface area contributed by atoms with E-state index in [2.05, 4.69) is 27.6 Å². The monoisotopic (exact) mass is 484 g/mol. The molecule has 0 spiro atoms. The summed E-state index contributed by atoms with van der Waals surface area (Å²) in [7, 11) is 0. The zero-order valence-electron chi connectivity index (χ0n) is 15.5. The van der Waals surface area contributed by atoms with E-state index in [4.69, 9.17) is 14.2 Å². The molecule has 0 amide bonds. The van der Waals surface area contributed by atoms with Crippen molar-refractivity contribution in [3.05, 3.63) is 51.6 Å². The molecule has 2 aromatic rings. The van der Waals surface area contributed by atoms with Gasteiger partial charge in [0.05, 0.1) is 12.2 Å². The quantitative estimate of drug-likeness (QED) is 0.420. The molecule has 0 radical (unpaired) electrons. The van der Waals surface area contributed by atoms with Crippen molar-refractivity contribution in [2.45, 2.75) is 51.5 Å². The van der Waals surface area contributed by atoms with Gasteiger partial charge in [-0.05, 0) is 73.0 Å². The fourth-order valence-corrected chi connectivity index (χ4v) is 3.32. The summed E-state index contributed by atoms with van der Waals surface area (Å²) in [6, 6.07) is 7.36. The SMILES string of the molecule is Cc1nccn1CCC(COC1CCCCO1)OC(=O)c1ccc(I)cc1. The van der Waals surface area contributed by atoms with Crippen molar-refractivity contribution in [1.29, 1.82) is 0 Å². The number of hydrogen-bond acceptors (Lipinski definition) is 5. The van der Waals surface area contributed by atoms with Crippen LogP contribution in [0.5, 0.6) is 0 Å². The van der Waals surface area contributed by atoms with E-state index in [0.717, 1.165) is 35.3 Å². The lowest BCUT2D eigenvalue weighted by molar-refractivity contribution is -0.176. The summed E-state index contributed by atoms with van der Waals surface area (Å²) in [6.45, 7) is 3.73. The van der Waals surface area contributed by atoms with Crippen molar-refractivity contribution in [3.63, 3.8) is 0 Å². The topological polar surface area (TPSA) is 62.6 Å². The van der Waals surface area contributed by atoms with Gasteiger partial charge in [-0.1, -0.05) is 0 Å². The van der Waals surface area contributed by atoms with Crippen LogP contribution in [-0.2, 0) is 20.8 Å². The van der Waals surface area contributed by atoms with Gasteiger partial charge in [0.1, 0.15) is 11.9 Å². The fourth-order valence-electron chi connectivity index (χ4n) is 2.96. The van der Waals surface area contributed by atoms with Gasteiger partial charge in [-0.3, -0.25) is 0 Å². The Kier molecular flexibility index (Phi) is 7.66. The molecule has 0 bridgehead atoms. The van der Waals surface area contributed by atoms with Crippen molar-refractivity contribution in [3.8, 4) is 0 Å². The highest BCUT2D eigenvalue weighted by Crippen LogP contribution is 2.16. The second-order valence-electron chi connectivity index (χ2n) is 6.62. The van der Waals surface area contributed by atoms with Gasteiger partial charge in [-0.2, -0.15) is 0 Å². The second-order valence-corrected chi connectivity index (χ2v) is 7.87. The smallest absolute Gasteiger partial charge is 0.338 e. The molecule has 1 aromatic carbocycles. The first-order valence-corrected chi connectivity index (χ1v) is 10.4. The molecule has 3 rings (SSSR count). The van der Waals surface area contributed by atoms with E-state index >= 15 is 0 Å². The maximum Gasteiger partial charge on any atom is 0.338 e. The Morgan fingerprint density at radius 3 is 2.85 bits per heavy atom. The van der Waals surface area contributed by atoms with Crippen LogP contribution in [0.15, 0.2) is 36.7 Å². The minimum absolute atomic E-state index is 0.201. The lowest BCUT2D eigenvalue weighted by atomic mass is 10.2. The van der Waals surface area contributed by atoms with Crippen LogP contribution in [0.2, 0.25) is 0 Å². The van der Waals surface area contributed by atoms with Gasteiger partial charge in [-0.25, -0.2) is 9.78 Å². The van der Waals surface area contributed by atoms with Crippen LogP contribution >= 0.6 is 22.6 Å². The van der Waals surface area contributed by atoms with E-state index in [0.29, 0.717) is 25.1 Å². The van der Waals surface area contributed by atoms with E-state index in [-0.39, 0.29) is 18.4 Å². The molecule has 1 aromatic heterocycles. The molecular weight excluding hydrogens is 459 g/mol. The summed E-state index contributed by atoms with van der Waals surface area (Å²) in [5, 5.41) is 0. The number of carbonyl (C=O) groups is 1. The van der Waals surface area contributed by atoms with Gasteiger partial charge in [0.15, 0.2) is 6.29 Å². The van der Waals surface area contributed by atoms with Gasteiger partial charge >= 0.3 is 5.97 Å². The van der Waals surface area contributed by atoms with Crippen molar-refractivity contribution in [1.82, 2.24) is 9.55 Å². The number of aryl methyl sites for hydroxylation is 2. The Balaban J connectivity index is 1.59. The first-order valence-electron chi connectivity index (χ1n) is 9.29. The number of benzene rings is 1. The summed E-state index contributed by atoms with van der Waals surface area (Å²) in [5.74, 6) is 0.612. The summed E-state index contributed by atoms with van der Waals surface area (Å²) in [6.07, 6.45) is 6.87.